The van der Waals surface area contributed by atoms with E-state index in [1.54, 1.807) is 42.1 Å². The number of rotatable bonds is 4. The standard InChI is InChI=1S/C18H16FN5S/c1-10(2)23-18-24-14-8-20-13(7-15(14)25-18)17-16(21-9-22-17)11-5-3-4-6-12(11)19/h3-10H,1-2H3,(H,21,22)(H,23,24). The van der Waals surface area contributed by atoms with Crippen molar-refractivity contribution < 1.29 is 4.39 Å². The molecule has 0 aliphatic carbocycles. The van der Waals surface area contributed by atoms with Crippen LogP contribution < -0.4 is 5.32 Å². The van der Waals surface area contributed by atoms with Gasteiger partial charge in [0.05, 0.1) is 28.6 Å². The third kappa shape index (κ3) is 2.98. The second-order valence-corrected chi connectivity index (χ2v) is 6.99. The fourth-order valence-electron chi connectivity index (χ4n) is 2.62. The van der Waals surface area contributed by atoms with Crippen LogP contribution in [0.1, 0.15) is 13.8 Å². The van der Waals surface area contributed by atoms with Crippen LogP contribution in [-0.4, -0.2) is 26.0 Å². The Morgan fingerprint density at radius 1 is 1.20 bits per heavy atom. The van der Waals surface area contributed by atoms with Crippen LogP contribution in [0.4, 0.5) is 9.52 Å². The summed E-state index contributed by atoms with van der Waals surface area (Å²) in [6.07, 6.45) is 3.29. The molecule has 0 unspecified atom stereocenters. The normalized spacial score (nSPS) is 11.4. The number of anilines is 1. The molecule has 0 spiro atoms. The van der Waals surface area contributed by atoms with Crippen molar-refractivity contribution in [2.75, 3.05) is 5.32 Å². The highest BCUT2D eigenvalue weighted by atomic mass is 32.1. The van der Waals surface area contributed by atoms with Crippen molar-refractivity contribution in [2.45, 2.75) is 19.9 Å². The predicted molar refractivity (Wildman–Crippen MR) is 99.1 cm³/mol. The predicted octanol–water partition coefficient (Wildman–Crippen LogP) is 4.71. The van der Waals surface area contributed by atoms with Gasteiger partial charge in [0, 0.05) is 11.6 Å². The number of imidazole rings is 1. The minimum absolute atomic E-state index is 0.307. The first kappa shape index (κ1) is 15.7. The zero-order valence-corrected chi connectivity index (χ0v) is 14.6. The van der Waals surface area contributed by atoms with Gasteiger partial charge in [-0.2, -0.15) is 0 Å². The number of nitrogens with one attached hydrogen (secondary N) is 2. The van der Waals surface area contributed by atoms with Crippen molar-refractivity contribution in [3.05, 3.63) is 48.7 Å². The number of thiazole rings is 1. The van der Waals surface area contributed by atoms with Gasteiger partial charge < -0.3 is 10.3 Å². The summed E-state index contributed by atoms with van der Waals surface area (Å²) in [7, 11) is 0. The van der Waals surface area contributed by atoms with E-state index in [0.717, 1.165) is 15.3 Å². The van der Waals surface area contributed by atoms with Crippen molar-refractivity contribution >= 4 is 26.7 Å². The van der Waals surface area contributed by atoms with Gasteiger partial charge in [0.2, 0.25) is 0 Å². The summed E-state index contributed by atoms with van der Waals surface area (Å²) < 4.78 is 15.2. The SMILES string of the molecule is CC(C)Nc1nc2cnc(-c3[nH]cnc3-c3ccccc3F)cc2s1. The summed E-state index contributed by atoms with van der Waals surface area (Å²) in [5, 5.41) is 4.17. The number of nitrogens with zero attached hydrogens (tertiary/aromatic N) is 3. The Morgan fingerprint density at radius 3 is 2.84 bits per heavy atom. The lowest BCUT2D eigenvalue weighted by atomic mass is 10.1. The Morgan fingerprint density at radius 2 is 2.04 bits per heavy atom. The monoisotopic (exact) mass is 353 g/mol. The number of H-pyrrole nitrogens is 1. The summed E-state index contributed by atoms with van der Waals surface area (Å²) in [5.74, 6) is -0.307. The first-order valence-electron chi connectivity index (χ1n) is 7.93. The third-order valence-corrected chi connectivity index (χ3v) is 4.66. The lowest BCUT2D eigenvalue weighted by Crippen LogP contribution is -2.08. The molecule has 0 amide bonds. The van der Waals surface area contributed by atoms with Crippen LogP contribution in [0, 0.1) is 5.82 Å². The molecule has 2 N–H and O–H groups in total. The topological polar surface area (TPSA) is 66.5 Å². The molecule has 0 aliphatic rings. The average Bonchev–Trinajstić information content (AvgIpc) is 3.19. The highest BCUT2D eigenvalue weighted by Crippen LogP contribution is 2.33. The summed E-state index contributed by atoms with van der Waals surface area (Å²) in [5.41, 5.74) is 3.24. The molecule has 4 rings (SSSR count). The van der Waals surface area contributed by atoms with Crippen LogP contribution in [0.2, 0.25) is 0 Å². The second-order valence-electron chi connectivity index (χ2n) is 5.96. The first-order valence-corrected chi connectivity index (χ1v) is 8.75. The largest absolute Gasteiger partial charge is 0.359 e. The molecule has 5 nitrogen and oxygen atoms in total. The van der Waals surface area contributed by atoms with E-state index in [-0.39, 0.29) is 5.82 Å². The zero-order valence-electron chi connectivity index (χ0n) is 13.7. The van der Waals surface area contributed by atoms with Crippen LogP contribution in [-0.2, 0) is 0 Å². The van der Waals surface area contributed by atoms with Crippen molar-refractivity contribution in [1.82, 2.24) is 19.9 Å². The molecule has 0 saturated carbocycles. The van der Waals surface area contributed by atoms with Gasteiger partial charge in [-0.3, -0.25) is 4.98 Å². The molecule has 1 aromatic carbocycles. The molecule has 0 bridgehead atoms. The molecule has 0 atom stereocenters. The Kier molecular flexibility index (Phi) is 3.93. The summed E-state index contributed by atoms with van der Waals surface area (Å²) in [6.45, 7) is 4.14. The van der Waals surface area contributed by atoms with Crippen LogP contribution in [0.5, 0.6) is 0 Å². The minimum atomic E-state index is -0.307. The number of aromatic nitrogens is 4. The lowest BCUT2D eigenvalue weighted by Gasteiger charge is -2.04. The van der Waals surface area contributed by atoms with Crippen LogP contribution in [0.15, 0.2) is 42.9 Å². The van der Waals surface area contributed by atoms with Crippen LogP contribution in [0.3, 0.4) is 0 Å². The van der Waals surface area contributed by atoms with Crippen molar-refractivity contribution in [1.29, 1.82) is 0 Å². The van der Waals surface area contributed by atoms with Crippen molar-refractivity contribution in [2.24, 2.45) is 0 Å². The minimum Gasteiger partial charge on any atom is -0.359 e. The number of halogens is 1. The molecule has 7 heteroatoms. The molecule has 0 saturated heterocycles. The van der Waals surface area contributed by atoms with E-state index in [9.17, 15) is 4.39 Å². The molecule has 3 heterocycles. The van der Waals surface area contributed by atoms with E-state index in [2.05, 4.69) is 39.1 Å². The molecular formula is C18H16FN5S. The molecule has 126 valence electrons. The van der Waals surface area contributed by atoms with E-state index in [0.29, 0.717) is 28.7 Å². The van der Waals surface area contributed by atoms with E-state index in [1.807, 2.05) is 6.07 Å². The molecule has 0 aliphatic heterocycles. The molecule has 25 heavy (non-hydrogen) atoms. The average molecular weight is 353 g/mol. The number of hydrogen-bond donors (Lipinski definition) is 2. The summed E-state index contributed by atoms with van der Waals surface area (Å²) >= 11 is 1.57. The molecular weight excluding hydrogens is 337 g/mol. The van der Waals surface area contributed by atoms with E-state index < -0.39 is 0 Å². The smallest absolute Gasteiger partial charge is 0.184 e. The molecule has 3 aromatic heterocycles. The maximum Gasteiger partial charge on any atom is 0.184 e. The van der Waals surface area contributed by atoms with Gasteiger partial charge in [-0.25, -0.2) is 14.4 Å². The van der Waals surface area contributed by atoms with Gasteiger partial charge in [-0.15, -0.1) is 0 Å². The highest BCUT2D eigenvalue weighted by Gasteiger charge is 2.16. The van der Waals surface area contributed by atoms with Gasteiger partial charge >= 0.3 is 0 Å². The molecule has 4 aromatic rings. The number of hydrogen-bond acceptors (Lipinski definition) is 5. The van der Waals surface area contributed by atoms with Crippen molar-refractivity contribution in [3.8, 4) is 22.6 Å². The van der Waals surface area contributed by atoms with Gasteiger partial charge in [-0.1, -0.05) is 23.5 Å². The fourth-order valence-corrected chi connectivity index (χ4v) is 3.64. The van der Waals surface area contributed by atoms with Gasteiger partial charge in [0.25, 0.3) is 0 Å². The number of aromatic amines is 1. The first-order chi connectivity index (χ1) is 12.1. The zero-order chi connectivity index (χ0) is 17.4. The lowest BCUT2D eigenvalue weighted by molar-refractivity contribution is 0.631. The Hall–Kier alpha value is -2.80. The number of benzene rings is 1. The van der Waals surface area contributed by atoms with Crippen LogP contribution >= 0.6 is 11.3 Å². The van der Waals surface area contributed by atoms with E-state index >= 15 is 0 Å². The second kappa shape index (κ2) is 6.25. The Balaban J connectivity index is 1.78. The molecule has 0 radical (unpaired) electrons. The summed E-state index contributed by atoms with van der Waals surface area (Å²) in [6, 6.07) is 8.86. The van der Waals surface area contributed by atoms with E-state index in [4.69, 9.17) is 0 Å². The third-order valence-electron chi connectivity index (χ3n) is 3.71. The maximum atomic E-state index is 14.1. The quantitative estimate of drug-likeness (QED) is 0.558. The Bertz CT molecular complexity index is 1040. The van der Waals surface area contributed by atoms with Gasteiger partial charge in [0.1, 0.15) is 17.0 Å². The Labute approximate surface area is 148 Å². The highest BCUT2D eigenvalue weighted by molar-refractivity contribution is 7.22. The number of fused-ring (bicyclic) bond motifs is 1. The van der Waals surface area contributed by atoms with Gasteiger partial charge in [-0.05, 0) is 32.0 Å². The van der Waals surface area contributed by atoms with E-state index in [1.165, 1.54) is 6.07 Å². The maximum absolute atomic E-state index is 14.1. The van der Waals surface area contributed by atoms with Crippen LogP contribution in [0.25, 0.3) is 32.9 Å². The summed E-state index contributed by atoms with van der Waals surface area (Å²) in [4.78, 5) is 16.4. The van der Waals surface area contributed by atoms with Crippen molar-refractivity contribution in [3.63, 3.8) is 0 Å². The number of pyridine rings is 1. The fraction of sp³-hybridized carbons (Fsp3) is 0.167. The molecule has 0 fully saturated rings. The van der Waals surface area contributed by atoms with Gasteiger partial charge in [0.15, 0.2) is 5.13 Å².